The third kappa shape index (κ3) is 3.15. The highest BCUT2D eigenvalue weighted by atomic mass is 35.5. The normalized spacial score (nSPS) is 15.8. The van der Waals surface area contributed by atoms with Gasteiger partial charge in [0.1, 0.15) is 5.75 Å². The van der Waals surface area contributed by atoms with E-state index in [4.69, 9.17) is 16.3 Å². The van der Waals surface area contributed by atoms with E-state index in [2.05, 4.69) is 15.6 Å². The van der Waals surface area contributed by atoms with Crippen molar-refractivity contribution in [2.24, 2.45) is 0 Å². The van der Waals surface area contributed by atoms with E-state index in [0.717, 1.165) is 29.5 Å². The van der Waals surface area contributed by atoms with Gasteiger partial charge in [-0.1, -0.05) is 17.7 Å². The number of H-pyrrole nitrogens is 1. The molecule has 1 aliphatic rings. The van der Waals surface area contributed by atoms with Gasteiger partial charge in [-0.25, -0.2) is 4.79 Å². The van der Waals surface area contributed by atoms with Crippen LogP contribution in [0.2, 0.25) is 5.02 Å². The number of aromatic nitrogens is 1. The number of anilines is 1. The smallest absolute Gasteiger partial charge is 0.319 e. The maximum Gasteiger partial charge on any atom is 0.319 e. The number of nitrogens with one attached hydrogen (secondary N) is 3. The average molecular weight is 356 g/mol. The van der Waals surface area contributed by atoms with Crippen molar-refractivity contribution >= 4 is 34.2 Å². The molecule has 1 atom stereocenters. The molecule has 1 aromatic heterocycles. The van der Waals surface area contributed by atoms with Gasteiger partial charge in [0.05, 0.1) is 7.11 Å². The number of hydrogen-bond donors (Lipinski definition) is 3. The molecule has 4 rings (SSSR count). The summed E-state index contributed by atoms with van der Waals surface area (Å²) in [5.41, 5.74) is 4.21. The maximum atomic E-state index is 12.2. The molecule has 0 saturated heterocycles. The number of ether oxygens (including phenoxy) is 1. The predicted molar refractivity (Wildman–Crippen MR) is 99.7 cm³/mol. The minimum Gasteiger partial charge on any atom is -0.497 e. The van der Waals surface area contributed by atoms with Crippen LogP contribution in [-0.2, 0) is 12.8 Å². The Morgan fingerprint density at radius 2 is 2.12 bits per heavy atom. The van der Waals surface area contributed by atoms with Crippen LogP contribution in [-0.4, -0.2) is 24.2 Å². The van der Waals surface area contributed by atoms with Crippen LogP contribution in [0.3, 0.4) is 0 Å². The fraction of sp³-hybridized carbons (Fsp3) is 0.211. The van der Waals surface area contributed by atoms with Crippen LogP contribution in [0, 0.1) is 0 Å². The Hall–Kier alpha value is -2.66. The SMILES string of the molecule is COc1ccc2[nH]c3c(c2c1)CC(NC(=O)Nc1cccc(Cl)c1)C3. The van der Waals surface area contributed by atoms with Gasteiger partial charge in [0.25, 0.3) is 0 Å². The van der Waals surface area contributed by atoms with Crippen molar-refractivity contribution in [1.82, 2.24) is 10.3 Å². The Morgan fingerprint density at radius 1 is 1.24 bits per heavy atom. The second kappa shape index (κ2) is 6.33. The highest BCUT2D eigenvalue weighted by Crippen LogP contribution is 2.32. The first kappa shape index (κ1) is 15.8. The minimum absolute atomic E-state index is 0.0658. The standard InChI is InChI=1S/C19H18ClN3O2/c1-25-14-5-6-17-16(10-14)15-8-13(9-18(15)23-17)22-19(24)21-12-4-2-3-11(20)7-12/h2-7,10,13,23H,8-9H2,1H3,(H2,21,22,24). The number of methoxy groups -OCH3 is 1. The summed E-state index contributed by atoms with van der Waals surface area (Å²) in [4.78, 5) is 15.7. The molecule has 0 radical (unpaired) electrons. The van der Waals surface area contributed by atoms with Gasteiger partial charge in [-0.15, -0.1) is 0 Å². The Labute approximate surface area is 150 Å². The molecule has 1 heterocycles. The van der Waals surface area contributed by atoms with Crippen LogP contribution in [0.4, 0.5) is 10.5 Å². The summed E-state index contributed by atoms with van der Waals surface area (Å²) in [6.45, 7) is 0. The number of benzene rings is 2. The first-order valence-corrected chi connectivity index (χ1v) is 8.51. The number of halogens is 1. The number of urea groups is 1. The number of hydrogen-bond acceptors (Lipinski definition) is 2. The second-order valence-corrected chi connectivity index (χ2v) is 6.64. The second-order valence-electron chi connectivity index (χ2n) is 6.21. The van der Waals surface area contributed by atoms with Crippen LogP contribution in [0.5, 0.6) is 5.75 Å². The molecule has 2 aromatic carbocycles. The highest BCUT2D eigenvalue weighted by Gasteiger charge is 2.26. The summed E-state index contributed by atoms with van der Waals surface area (Å²) >= 11 is 5.94. The van der Waals surface area contributed by atoms with Crippen molar-refractivity contribution in [1.29, 1.82) is 0 Å². The summed E-state index contributed by atoms with van der Waals surface area (Å²) in [5.74, 6) is 0.837. The van der Waals surface area contributed by atoms with Gasteiger partial charge in [-0.3, -0.25) is 0 Å². The van der Waals surface area contributed by atoms with Crippen LogP contribution in [0.1, 0.15) is 11.3 Å². The first-order valence-electron chi connectivity index (χ1n) is 8.13. The first-order chi connectivity index (χ1) is 12.1. The zero-order chi connectivity index (χ0) is 17.4. The van der Waals surface area contributed by atoms with E-state index >= 15 is 0 Å². The molecular formula is C19H18ClN3O2. The van der Waals surface area contributed by atoms with Crippen molar-refractivity contribution in [3.8, 4) is 5.75 Å². The van der Waals surface area contributed by atoms with E-state index in [1.165, 1.54) is 11.3 Å². The summed E-state index contributed by atoms with van der Waals surface area (Å²) < 4.78 is 5.31. The Balaban J connectivity index is 1.45. The third-order valence-electron chi connectivity index (χ3n) is 4.52. The molecular weight excluding hydrogens is 338 g/mol. The number of carbonyl (C=O) groups excluding carboxylic acids is 1. The Bertz CT molecular complexity index is 951. The molecule has 1 unspecified atom stereocenters. The third-order valence-corrected chi connectivity index (χ3v) is 4.76. The van der Waals surface area contributed by atoms with Crippen LogP contribution in [0.25, 0.3) is 10.9 Å². The molecule has 128 valence electrons. The van der Waals surface area contributed by atoms with Gasteiger partial charge >= 0.3 is 6.03 Å². The Morgan fingerprint density at radius 3 is 2.92 bits per heavy atom. The molecule has 0 saturated carbocycles. The quantitative estimate of drug-likeness (QED) is 0.661. The van der Waals surface area contributed by atoms with E-state index in [1.807, 2.05) is 24.3 Å². The molecule has 5 nitrogen and oxygen atoms in total. The number of rotatable bonds is 3. The van der Waals surface area contributed by atoms with Gasteiger partial charge in [0, 0.05) is 39.8 Å². The zero-order valence-electron chi connectivity index (χ0n) is 13.7. The van der Waals surface area contributed by atoms with Gasteiger partial charge in [0.2, 0.25) is 0 Å². The molecule has 6 heteroatoms. The lowest BCUT2D eigenvalue weighted by Crippen LogP contribution is -2.38. The van der Waals surface area contributed by atoms with Crippen molar-refractivity contribution in [3.63, 3.8) is 0 Å². The van der Waals surface area contributed by atoms with E-state index in [9.17, 15) is 4.79 Å². The summed E-state index contributed by atoms with van der Waals surface area (Å²) in [6.07, 6.45) is 1.58. The summed E-state index contributed by atoms with van der Waals surface area (Å²) in [6, 6.07) is 13.0. The predicted octanol–water partition coefficient (Wildman–Crippen LogP) is 4.12. The molecule has 3 aromatic rings. The highest BCUT2D eigenvalue weighted by molar-refractivity contribution is 6.30. The lowest BCUT2D eigenvalue weighted by molar-refractivity contribution is 0.249. The van der Waals surface area contributed by atoms with E-state index in [0.29, 0.717) is 10.7 Å². The molecule has 2 amide bonds. The molecule has 0 fully saturated rings. The monoisotopic (exact) mass is 355 g/mol. The lowest BCUT2D eigenvalue weighted by Gasteiger charge is -2.13. The molecule has 1 aliphatic carbocycles. The van der Waals surface area contributed by atoms with E-state index in [1.54, 1.807) is 25.3 Å². The van der Waals surface area contributed by atoms with Crippen molar-refractivity contribution < 1.29 is 9.53 Å². The van der Waals surface area contributed by atoms with Crippen molar-refractivity contribution in [2.45, 2.75) is 18.9 Å². The lowest BCUT2D eigenvalue weighted by atomic mass is 10.1. The van der Waals surface area contributed by atoms with Crippen LogP contribution < -0.4 is 15.4 Å². The fourth-order valence-electron chi connectivity index (χ4n) is 3.40. The summed E-state index contributed by atoms with van der Waals surface area (Å²) in [7, 11) is 1.67. The molecule has 0 spiro atoms. The number of aromatic amines is 1. The summed E-state index contributed by atoms with van der Waals surface area (Å²) in [5, 5.41) is 7.60. The maximum absolute atomic E-state index is 12.2. The molecule has 0 bridgehead atoms. The van der Waals surface area contributed by atoms with E-state index in [-0.39, 0.29) is 12.1 Å². The minimum atomic E-state index is -0.223. The van der Waals surface area contributed by atoms with Crippen molar-refractivity contribution in [3.05, 3.63) is 58.7 Å². The fourth-order valence-corrected chi connectivity index (χ4v) is 3.59. The number of fused-ring (bicyclic) bond motifs is 3. The average Bonchev–Trinajstić information content (AvgIpc) is 3.11. The van der Waals surface area contributed by atoms with Gasteiger partial charge in [-0.05, 0) is 48.4 Å². The number of amides is 2. The number of carbonyl (C=O) groups is 1. The molecule has 0 aliphatic heterocycles. The van der Waals surface area contributed by atoms with Gasteiger partial charge in [-0.2, -0.15) is 0 Å². The van der Waals surface area contributed by atoms with Gasteiger partial charge in [0.15, 0.2) is 0 Å². The topological polar surface area (TPSA) is 66.1 Å². The van der Waals surface area contributed by atoms with Crippen LogP contribution >= 0.6 is 11.6 Å². The Kier molecular flexibility index (Phi) is 4.01. The van der Waals surface area contributed by atoms with Crippen molar-refractivity contribution in [2.75, 3.05) is 12.4 Å². The molecule has 3 N–H and O–H groups in total. The largest absolute Gasteiger partial charge is 0.497 e. The zero-order valence-corrected chi connectivity index (χ0v) is 14.5. The molecule has 25 heavy (non-hydrogen) atoms. The van der Waals surface area contributed by atoms with Crippen LogP contribution in [0.15, 0.2) is 42.5 Å². The van der Waals surface area contributed by atoms with Gasteiger partial charge < -0.3 is 20.4 Å². The van der Waals surface area contributed by atoms with E-state index < -0.39 is 0 Å².